The highest BCUT2D eigenvalue weighted by Crippen LogP contribution is 2.27. The minimum Gasteiger partial charge on any atom is -0.485 e. The summed E-state index contributed by atoms with van der Waals surface area (Å²) in [5, 5.41) is 9.79. The van der Waals surface area contributed by atoms with E-state index in [1.807, 2.05) is 0 Å². The summed E-state index contributed by atoms with van der Waals surface area (Å²) in [5.74, 6) is -0.218. The summed E-state index contributed by atoms with van der Waals surface area (Å²) in [6.07, 6.45) is -1.34. The molecule has 0 bridgehead atoms. The second kappa shape index (κ2) is 5.16. The molecule has 0 aromatic heterocycles. The van der Waals surface area contributed by atoms with Crippen molar-refractivity contribution in [1.29, 1.82) is 0 Å². The normalized spacial score (nSPS) is 17.1. The van der Waals surface area contributed by atoms with Crippen molar-refractivity contribution in [3.05, 3.63) is 29.8 Å². The standard InChI is InChI=1S/C12H14O5/c1-15-12(14)11(13)9-4-2-3-5-10(9)17-8-6-16-7-8/h2-5,8,11,13H,6-7H2,1H3. The van der Waals surface area contributed by atoms with Gasteiger partial charge >= 0.3 is 5.97 Å². The van der Waals surface area contributed by atoms with Crippen LogP contribution in [-0.4, -0.2) is 37.5 Å². The van der Waals surface area contributed by atoms with E-state index in [0.717, 1.165) is 0 Å². The maximum Gasteiger partial charge on any atom is 0.339 e. The van der Waals surface area contributed by atoms with Gasteiger partial charge in [0.15, 0.2) is 6.10 Å². The zero-order chi connectivity index (χ0) is 12.3. The van der Waals surface area contributed by atoms with Gasteiger partial charge < -0.3 is 19.3 Å². The molecule has 2 rings (SSSR count). The number of aliphatic hydroxyl groups excluding tert-OH is 1. The number of rotatable bonds is 4. The van der Waals surface area contributed by atoms with Crippen LogP contribution < -0.4 is 4.74 Å². The second-order valence-electron chi connectivity index (χ2n) is 3.74. The lowest BCUT2D eigenvalue weighted by molar-refractivity contribution is -0.151. The molecular weight excluding hydrogens is 224 g/mol. The zero-order valence-electron chi connectivity index (χ0n) is 9.46. The van der Waals surface area contributed by atoms with Crippen LogP contribution in [0.1, 0.15) is 11.7 Å². The van der Waals surface area contributed by atoms with Gasteiger partial charge in [-0.25, -0.2) is 4.79 Å². The van der Waals surface area contributed by atoms with Gasteiger partial charge in [0.1, 0.15) is 11.9 Å². The van der Waals surface area contributed by atoms with Gasteiger partial charge in [-0.15, -0.1) is 0 Å². The molecule has 1 aromatic rings. The Hall–Kier alpha value is -1.59. The molecule has 1 aromatic carbocycles. The summed E-state index contributed by atoms with van der Waals surface area (Å²) < 4.78 is 15.1. The summed E-state index contributed by atoms with van der Waals surface area (Å²) in [4.78, 5) is 11.3. The van der Waals surface area contributed by atoms with E-state index in [0.29, 0.717) is 24.5 Å². The predicted molar refractivity (Wildman–Crippen MR) is 58.7 cm³/mol. The number of benzene rings is 1. The highest BCUT2D eigenvalue weighted by molar-refractivity contribution is 5.77. The van der Waals surface area contributed by atoms with Crippen LogP contribution in [-0.2, 0) is 14.3 Å². The van der Waals surface area contributed by atoms with E-state index in [4.69, 9.17) is 9.47 Å². The Morgan fingerprint density at radius 1 is 1.47 bits per heavy atom. The van der Waals surface area contributed by atoms with Crippen LogP contribution in [0.3, 0.4) is 0 Å². The summed E-state index contributed by atoms with van der Waals surface area (Å²) in [5.41, 5.74) is 0.409. The molecule has 1 atom stereocenters. The van der Waals surface area contributed by atoms with Crippen molar-refractivity contribution in [2.45, 2.75) is 12.2 Å². The monoisotopic (exact) mass is 238 g/mol. The molecule has 92 valence electrons. The molecule has 0 aliphatic carbocycles. The zero-order valence-corrected chi connectivity index (χ0v) is 9.46. The first-order valence-corrected chi connectivity index (χ1v) is 5.31. The van der Waals surface area contributed by atoms with Gasteiger partial charge in [0.25, 0.3) is 0 Å². The van der Waals surface area contributed by atoms with Gasteiger partial charge in [-0.2, -0.15) is 0 Å². The molecule has 1 heterocycles. The van der Waals surface area contributed by atoms with Crippen LogP contribution in [0.15, 0.2) is 24.3 Å². The van der Waals surface area contributed by atoms with Gasteiger partial charge in [-0.1, -0.05) is 18.2 Å². The number of ether oxygens (including phenoxy) is 3. The largest absolute Gasteiger partial charge is 0.485 e. The summed E-state index contributed by atoms with van der Waals surface area (Å²) in [7, 11) is 1.23. The molecule has 17 heavy (non-hydrogen) atoms. The molecule has 1 N–H and O–H groups in total. The van der Waals surface area contributed by atoms with E-state index < -0.39 is 12.1 Å². The topological polar surface area (TPSA) is 65.0 Å². The van der Waals surface area contributed by atoms with Crippen LogP contribution in [0, 0.1) is 0 Å². The van der Waals surface area contributed by atoms with E-state index >= 15 is 0 Å². The van der Waals surface area contributed by atoms with Crippen LogP contribution in [0.5, 0.6) is 5.75 Å². The van der Waals surface area contributed by atoms with Crippen molar-refractivity contribution in [2.24, 2.45) is 0 Å². The van der Waals surface area contributed by atoms with Crippen LogP contribution in [0.25, 0.3) is 0 Å². The molecule has 1 unspecified atom stereocenters. The first-order valence-electron chi connectivity index (χ1n) is 5.31. The Labute approximate surface area is 98.9 Å². The minimum atomic E-state index is -1.32. The van der Waals surface area contributed by atoms with E-state index in [1.54, 1.807) is 24.3 Å². The van der Waals surface area contributed by atoms with Gasteiger partial charge in [0, 0.05) is 5.56 Å². The van der Waals surface area contributed by atoms with Crippen LogP contribution in [0.2, 0.25) is 0 Å². The number of hydrogen-bond donors (Lipinski definition) is 1. The first kappa shape index (κ1) is 11.9. The molecule has 1 aliphatic rings. The van der Waals surface area contributed by atoms with Crippen molar-refractivity contribution < 1.29 is 24.1 Å². The summed E-state index contributed by atoms with van der Waals surface area (Å²) in [6, 6.07) is 6.85. The molecule has 5 heteroatoms. The second-order valence-corrected chi connectivity index (χ2v) is 3.74. The third-order valence-corrected chi connectivity index (χ3v) is 2.54. The molecule has 5 nitrogen and oxygen atoms in total. The molecule has 1 aliphatic heterocycles. The van der Waals surface area contributed by atoms with Crippen molar-refractivity contribution in [3.63, 3.8) is 0 Å². The van der Waals surface area contributed by atoms with Crippen molar-refractivity contribution in [3.8, 4) is 5.75 Å². The minimum absolute atomic E-state index is 0.0130. The van der Waals surface area contributed by atoms with Crippen molar-refractivity contribution >= 4 is 5.97 Å². The highest BCUT2D eigenvalue weighted by atomic mass is 16.6. The summed E-state index contributed by atoms with van der Waals surface area (Å²) in [6.45, 7) is 1.06. The third-order valence-electron chi connectivity index (χ3n) is 2.54. The molecule has 0 saturated carbocycles. The van der Waals surface area contributed by atoms with Gasteiger partial charge in [-0.05, 0) is 6.07 Å². The maximum absolute atomic E-state index is 11.3. The Morgan fingerprint density at radius 3 is 2.76 bits per heavy atom. The van der Waals surface area contributed by atoms with E-state index in [-0.39, 0.29) is 6.10 Å². The molecule has 0 radical (unpaired) electrons. The molecular formula is C12H14O5. The number of esters is 1. The fourth-order valence-electron chi connectivity index (χ4n) is 1.51. The maximum atomic E-state index is 11.3. The van der Waals surface area contributed by atoms with E-state index in [2.05, 4.69) is 4.74 Å². The molecule has 1 saturated heterocycles. The van der Waals surface area contributed by atoms with Crippen LogP contribution in [0.4, 0.5) is 0 Å². The number of aliphatic hydroxyl groups is 1. The Morgan fingerprint density at radius 2 is 2.18 bits per heavy atom. The Kier molecular flexibility index (Phi) is 3.61. The fraction of sp³-hybridized carbons (Fsp3) is 0.417. The average molecular weight is 238 g/mol. The number of para-hydroxylation sites is 1. The quantitative estimate of drug-likeness (QED) is 0.781. The van der Waals surface area contributed by atoms with Gasteiger partial charge in [0.05, 0.1) is 20.3 Å². The average Bonchev–Trinajstić information content (AvgIpc) is 2.32. The third kappa shape index (κ3) is 2.57. The van der Waals surface area contributed by atoms with Gasteiger partial charge in [0.2, 0.25) is 0 Å². The fourth-order valence-corrected chi connectivity index (χ4v) is 1.51. The lowest BCUT2D eigenvalue weighted by Crippen LogP contribution is -2.38. The highest BCUT2D eigenvalue weighted by Gasteiger charge is 2.25. The van der Waals surface area contributed by atoms with E-state index in [9.17, 15) is 9.90 Å². The van der Waals surface area contributed by atoms with Crippen molar-refractivity contribution in [1.82, 2.24) is 0 Å². The van der Waals surface area contributed by atoms with E-state index in [1.165, 1.54) is 7.11 Å². The SMILES string of the molecule is COC(=O)C(O)c1ccccc1OC1COC1. The molecule has 0 amide bonds. The summed E-state index contributed by atoms with van der Waals surface area (Å²) >= 11 is 0. The number of carbonyl (C=O) groups is 1. The number of carbonyl (C=O) groups excluding carboxylic acids is 1. The first-order chi connectivity index (χ1) is 8.22. The molecule has 0 spiro atoms. The number of hydrogen-bond acceptors (Lipinski definition) is 5. The van der Waals surface area contributed by atoms with Crippen molar-refractivity contribution in [2.75, 3.05) is 20.3 Å². The van der Waals surface area contributed by atoms with Crippen LogP contribution >= 0.6 is 0 Å². The Balaban J connectivity index is 2.16. The van der Waals surface area contributed by atoms with Gasteiger partial charge in [-0.3, -0.25) is 0 Å². The lowest BCUT2D eigenvalue weighted by Gasteiger charge is -2.28. The lowest BCUT2D eigenvalue weighted by atomic mass is 10.1. The number of methoxy groups -OCH3 is 1. The smallest absolute Gasteiger partial charge is 0.339 e. The predicted octanol–water partition coefficient (Wildman–Crippen LogP) is 0.671. The molecule has 1 fully saturated rings. The Bertz CT molecular complexity index is 400.